The molecule has 3 unspecified atom stereocenters. The average molecular weight is 636 g/mol. The van der Waals surface area contributed by atoms with Crippen LogP contribution in [0.4, 0.5) is 0 Å². The van der Waals surface area contributed by atoms with E-state index >= 15 is 0 Å². The molecule has 0 saturated carbocycles. The first kappa shape index (κ1) is 43.8. The van der Waals surface area contributed by atoms with Crippen molar-refractivity contribution in [1.82, 2.24) is 5.32 Å². The highest BCUT2D eigenvalue weighted by molar-refractivity contribution is 5.80. The Kier molecular flexibility index (Phi) is 34.8. The van der Waals surface area contributed by atoms with Gasteiger partial charge in [0.1, 0.15) is 6.10 Å². The zero-order chi connectivity index (χ0) is 33.1. The summed E-state index contributed by atoms with van der Waals surface area (Å²) in [5.74, 6) is -0.518. The summed E-state index contributed by atoms with van der Waals surface area (Å²) in [5.41, 5.74) is 0. The Morgan fingerprint density at radius 2 is 0.911 bits per heavy atom. The number of unbranched alkanes of at least 4 members (excludes halogenated alkanes) is 25. The molecule has 0 fully saturated rings. The van der Waals surface area contributed by atoms with Gasteiger partial charge in [0, 0.05) is 0 Å². The van der Waals surface area contributed by atoms with Crippen molar-refractivity contribution in [3.05, 3.63) is 24.3 Å². The Hall–Kier alpha value is -1.17. The highest BCUT2D eigenvalue weighted by Crippen LogP contribution is 2.15. The molecule has 0 radical (unpaired) electrons. The van der Waals surface area contributed by atoms with Gasteiger partial charge < -0.3 is 20.6 Å². The Bertz CT molecular complexity index is 665. The van der Waals surface area contributed by atoms with Crippen LogP contribution < -0.4 is 5.32 Å². The maximum absolute atomic E-state index is 12.3. The fourth-order valence-corrected chi connectivity index (χ4v) is 5.87. The first-order valence-corrected chi connectivity index (χ1v) is 19.7. The second kappa shape index (κ2) is 35.7. The van der Waals surface area contributed by atoms with Crippen LogP contribution in [0.15, 0.2) is 24.3 Å². The zero-order valence-corrected chi connectivity index (χ0v) is 30.0. The molecule has 1 amide bonds. The zero-order valence-electron chi connectivity index (χ0n) is 30.0. The number of aliphatic hydroxyl groups is 3. The summed E-state index contributed by atoms with van der Waals surface area (Å²) in [4.78, 5) is 12.3. The molecular formula is C40H77NO4. The van der Waals surface area contributed by atoms with E-state index in [9.17, 15) is 20.1 Å². The summed E-state index contributed by atoms with van der Waals surface area (Å²) >= 11 is 0. The molecule has 0 aromatic carbocycles. The molecule has 45 heavy (non-hydrogen) atoms. The van der Waals surface area contributed by atoms with Crippen molar-refractivity contribution in [2.24, 2.45) is 0 Å². The lowest BCUT2D eigenvalue weighted by molar-refractivity contribution is -0.131. The van der Waals surface area contributed by atoms with Gasteiger partial charge in [-0.05, 0) is 38.5 Å². The van der Waals surface area contributed by atoms with E-state index in [0.29, 0.717) is 6.42 Å². The lowest BCUT2D eigenvalue weighted by atomic mass is 10.0. The van der Waals surface area contributed by atoms with Crippen LogP contribution in [-0.4, -0.2) is 46.1 Å². The number of allylic oxidation sites excluding steroid dienone is 3. The summed E-state index contributed by atoms with van der Waals surface area (Å²) in [7, 11) is 0. The minimum absolute atomic E-state index is 0.367. The molecule has 3 atom stereocenters. The Morgan fingerprint density at radius 3 is 1.36 bits per heavy atom. The number of hydrogen-bond acceptors (Lipinski definition) is 4. The van der Waals surface area contributed by atoms with Crippen LogP contribution in [0.5, 0.6) is 0 Å². The number of carbonyl (C=O) groups excluding carboxylic acids is 1. The Balaban J connectivity index is 3.64. The van der Waals surface area contributed by atoms with E-state index in [2.05, 4.69) is 31.3 Å². The fraction of sp³-hybridized carbons (Fsp3) is 0.875. The van der Waals surface area contributed by atoms with E-state index in [1.165, 1.54) is 135 Å². The summed E-state index contributed by atoms with van der Waals surface area (Å²) in [6.07, 6.45) is 42.2. The van der Waals surface area contributed by atoms with Crippen LogP contribution in [-0.2, 0) is 4.79 Å². The predicted molar refractivity (Wildman–Crippen MR) is 195 cm³/mol. The van der Waals surface area contributed by atoms with Gasteiger partial charge in [-0.15, -0.1) is 0 Å². The molecule has 0 spiro atoms. The van der Waals surface area contributed by atoms with Gasteiger partial charge in [0.2, 0.25) is 5.91 Å². The van der Waals surface area contributed by atoms with Crippen molar-refractivity contribution in [2.45, 2.75) is 218 Å². The first-order valence-electron chi connectivity index (χ1n) is 19.7. The number of aliphatic hydroxyl groups excluding tert-OH is 3. The number of rotatable bonds is 35. The van der Waals surface area contributed by atoms with Crippen molar-refractivity contribution >= 4 is 5.91 Å². The summed E-state index contributed by atoms with van der Waals surface area (Å²) in [6.45, 7) is 4.11. The largest absolute Gasteiger partial charge is 0.394 e. The molecule has 5 nitrogen and oxygen atoms in total. The highest BCUT2D eigenvalue weighted by atomic mass is 16.3. The van der Waals surface area contributed by atoms with Gasteiger partial charge in [-0.1, -0.05) is 186 Å². The van der Waals surface area contributed by atoms with Crippen LogP contribution in [0.1, 0.15) is 200 Å². The van der Waals surface area contributed by atoms with Gasteiger partial charge in [0.25, 0.3) is 0 Å². The van der Waals surface area contributed by atoms with E-state index < -0.39 is 24.2 Å². The monoisotopic (exact) mass is 636 g/mol. The third-order valence-electron chi connectivity index (χ3n) is 9.04. The number of nitrogens with one attached hydrogen (secondary N) is 1. The van der Waals surface area contributed by atoms with Gasteiger partial charge in [-0.3, -0.25) is 4.79 Å². The minimum atomic E-state index is -1.11. The van der Waals surface area contributed by atoms with E-state index in [1.54, 1.807) is 6.08 Å². The lowest BCUT2D eigenvalue weighted by Gasteiger charge is -2.21. The van der Waals surface area contributed by atoms with Crippen LogP contribution in [0.25, 0.3) is 0 Å². The smallest absolute Gasteiger partial charge is 0.249 e. The molecule has 266 valence electrons. The molecule has 5 heteroatoms. The first-order chi connectivity index (χ1) is 22.1. The van der Waals surface area contributed by atoms with Gasteiger partial charge >= 0.3 is 0 Å². The second-order valence-electron chi connectivity index (χ2n) is 13.5. The summed E-state index contributed by atoms with van der Waals surface area (Å²) in [6, 6.07) is -0.799. The number of amides is 1. The van der Waals surface area contributed by atoms with Crippen molar-refractivity contribution < 1.29 is 20.1 Å². The van der Waals surface area contributed by atoms with Gasteiger partial charge in [0.15, 0.2) is 0 Å². The SMILES string of the molecule is CCCC/C=C\CCCCCC(O)C(=O)NC(CO)C(O)/C=C/CCCCCCCCCCCCCCCCCCCCCC. The molecule has 0 aromatic heterocycles. The standard InChI is InChI=1S/C40H77NO4/c1-3-5-7-9-11-13-14-15-16-17-18-19-20-21-22-23-24-25-27-28-30-32-34-38(43)37(36-42)41-40(45)39(44)35-33-31-29-26-12-10-8-6-4-2/h10,12,32,34,37-39,42-44H,3-9,11,13-31,33,35-36H2,1-2H3,(H,41,45)/b12-10-,34-32+. The molecule has 0 aliphatic rings. The molecule has 0 aliphatic carbocycles. The van der Waals surface area contributed by atoms with Crippen molar-refractivity contribution in [3.63, 3.8) is 0 Å². The summed E-state index contributed by atoms with van der Waals surface area (Å²) in [5, 5.41) is 32.9. The van der Waals surface area contributed by atoms with Crippen LogP contribution in [0.3, 0.4) is 0 Å². The summed E-state index contributed by atoms with van der Waals surface area (Å²) < 4.78 is 0. The molecule has 0 bridgehead atoms. The predicted octanol–water partition coefficient (Wildman–Crippen LogP) is 10.7. The van der Waals surface area contributed by atoms with Crippen LogP contribution in [0.2, 0.25) is 0 Å². The Labute approximate surface area is 280 Å². The lowest BCUT2D eigenvalue weighted by Crippen LogP contribution is -2.48. The topological polar surface area (TPSA) is 89.8 Å². The molecule has 4 N–H and O–H groups in total. The maximum Gasteiger partial charge on any atom is 0.249 e. The van der Waals surface area contributed by atoms with Crippen LogP contribution in [0, 0.1) is 0 Å². The number of hydrogen-bond donors (Lipinski definition) is 4. The fourth-order valence-electron chi connectivity index (χ4n) is 5.87. The van der Waals surface area contributed by atoms with Crippen LogP contribution >= 0.6 is 0 Å². The maximum atomic E-state index is 12.3. The van der Waals surface area contributed by atoms with E-state index in [-0.39, 0.29) is 6.61 Å². The normalized spacial score (nSPS) is 14.0. The van der Waals surface area contributed by atoms with Gasteiger partial charge in [0.05, 0.1) is 18.8 Å². The Morgan fingerprint density at radius 1 is 0.533 bits per heavy atom. The molecule has 0 heterocycles. The third kappa shape index (κ3) is 31.2. The third-order valence-corrected chi connectivity index (χ3v) is 9.04. The molecule has 0 rings (SSSR count). The van der Waals surface area contributed by atoms with Crippen molar-refractivity contribution in [3.8, 4) is 0 Å². The highest BCUT2D eigenvalue weighted by Gasteiger charge is 2.22. The average Bonchev–Trinajstić information content (AvgIpc) is 3.04. The van der Waals surface area contributed by atoms with Gasteiger partial charge in [-0.2, -0.15) is 0 Å². The minimum Gasteiger partial charge on any atom is -0.394 e. The second-order valence-corrected chi connectivity index (χ2v) is 13.5. The molecule has 0 aromatic rings. The van der Waals surface area contributed by atoms with E-state index in [1.807, 2.05) is 6.08 Å². The molecule has 0 saturated heterocycles. The van der Waals surface area contributed by atoms with Gasteiger partial charge in [-0.25, -0.2) is 0 Å². The number of carbonyl (C=O) groups is 1. The van der Waals surface area contributed by atoms with Crippen molar-refractivity contribution in [1.29, 1.82) is 0 Å². The molecular weight excluding hydrogens is 558 g/mol. The van der Waals surface area contributed by atoms with E-state index in [4.69, 9.17) is 0 Å². The van der Waals surface area contributed by atoms with E-state index in [0.717, 1.165) is 44.9 Å². The molecule has 0 aliphatic heterocycles. The quantitative estimate of drug-likeness (QED) is 0.0412. The van der Waals surface area contributed by atoms with Crippen molar-refractivity contribution in [2.75, 3.05) is 6.61 Å².